The number of carbonyl (C=O) groups excluding carboxylic acids is 2. The molecule has 5 nitrogen and oxygen atoms in total. The minimum Gasteiger partial charge on any atom is -0.395 e. The highest BCUT2D eigenvalue weighted by Crippen LogP contribution is 2.44. The third kappa shape index (κ3) is 4.05. The second kappa shape index (κ2) is 8.30. The molecular formula is C19H27ClN2O3. The van der Waals surface area contributed by atoms with Gasteiger partial charge in [-0.2, -0.15) is 0 Å². The van der Waals surface area contributed by atoms with Crippen LogP contribution >= 0.6 is 12.4 Å². The molecule has 1 fully saturated rings. The molecule has 1 unspecified atom stereocenters. The Morgan fingerprint density at radius 3 is 2.60 bits per heavy atom. The quantitative estimate of drug-likeness (QED) is 0.778. The minimum absolute atomic E-state index is 0. The summed E-state index contributed by atoms with van der Waals surface area (Å²) in [4.78, 5) is 28.9. The van der Waals surface area contributed by atoms with Crippen molar-refractivity contribution in [2.75, 3.05) is 33.3 Å². The van der Waals surface area contributed by atoms with E-state index in [-0.39, 0.29) is 30.8 Å². The van der Waals surface area contributed by atoms with Crippen LogP contribution in [0.4, 0.5) is 0 Å². The topological polar surface area (TPSA) is 60.9 Å². The molecule has 1 atom stereocenters. The van der Waals surface area contributed by atoms with E-state index in [4.69, 9.17) is 5.11 Å². The number of halogens is 1. The maximum absolute atomic E-state index is 13.0. The van der Waals surface area contributed by atoms with Crippen LogP contribution in [0.15, 0.2) is 24.3 Å². The molecule has 0 radical (unpaired) electrons. The SMILES string of the molecule is CN(CCO)CCCN1C(=O)CC2(CCc3ccccc3C2)C1=O.Cl. The molecule has 1 spiro atoms. The van der Waals surface area contributed by atoms with Gasteiger partial charge >= 0.3 is 0 Å². The molecular weight excluding hydrogens is 340 g/mol. The maximum Gasteiger partial charge on any atom is 0.236 e. The van der Waals surface area contributed by atoms with Gasteiger partial charge in [0.2, 0.25) is 11.8 Å². The number of aryl methyl sites for hydroxylation is 1. The molecule has 1 aliphatic heterocycles. The zero-order chi connectivity index (χ0) is 17.2. The molecule has 1 aromatic carbocycles. The number of rotatable bonds is 6. The maximum atomic E-state index is 13.0. The first-order chi connectivity index (χ1) is 11.6. The van der Waals surface area contributed by atoms with E-state index >= 15 is 0 Å². The number of nitrogens with zero attached hydrogens (tertiary/aromatic N) is 2. The van der Waals surface area contributed by atoms with Crippen LogP contribution in [0.1, 0.15) is 30.4 Å². The van der Waals surface area contributed by atoms with Gasteiger partial charge in [0, 0.05) is 19.5 Å². The Morgan fingerprint density at radius 1 is 1.16 bits per heavy atom. The number of imide groups is 1. The van der Waals surface area contributed by atoms with Crippen LogP contribution in [0.2, 0.25) is 0 Å². The number of amides is 2. The number of likely N-dealkylation sites (N-methyl/N-ethyl adjacent to an activating group) is 1. The normalized spacial score (nSPS) is 22.4. The highest BCUT2D eigenvalue weighted by Gasteiger charge is 2.52. The Kier molecular flexibility index (Phi) is 6.60. The fourth-order valence-corrected chi connectivity index (χ4v) is 4.00. The van der Waals surface area contributed by atoms with E-state index in [0.29, 0.717) is 25.9 Å². The number of hydrogen-bond donors (Lipinski definition) is 1. The number of hydrogen-bond acceptors (Lipinski definition) is 4. The van der Waals surface area contributed by atoms with Crippen LogP contribution in [-0.4, -0.2) is 60.0 Å². The van der Waals surface area contributed by atoms with Gasteiger partial charge in [0.05, 0.1) is 12.0 Å². The first-order valence-electron chi connectivity index (χ1n) is 8.77. The summed E-state index contributed by atoms with van der Waals surface area (Å²) in [6.45, 7) is 1.99. The van der Waals surface area contributed by atoms with Crippen LogP contribution in [0.25, 0.3) is 0 Å². The smallest absolute Gasteiger partial charge is 0.236 e. The summed E-state index contributed by atoms with van der Waals surface area (Å²) in [7, 11) is 1.93. The van der Waals surface area contributed by atoms with Crippen molar-refractivity contribution in [1.82, 2.24) is 9.80 Å². The fourth-order valence-electron chi connectivity index (χ4n) is 4.00. The average molecular weight is 367 g/mol. The zero-order valence-electron chi connectivity index (χ0n) is 14.7. The lowest BCUT2D eigenvalue weighted by atomic mass is 9.70. The molecule has 1 heterocycles. The summed E-state index contributed by atoms with van der Waals surface area (Å²) in [6, 6.07) is 8.25. The summed E-state index contributed by atoms with van der Waals surface area (Å²) < 4.78 is 0. The Labute approximate surface area is 155 Å². The van der Waals surface area contributed by atoms with Crippen molar-refractivity contribution >= 4 is 24.2 Å². The number of aliphatic hydroxyl groups excluding tert-OH is 1. The predicted molar refractivity (Wildman–Crippen MR) is 98.7 cm³/mol. The molecule has 1 aliphatic carbocycles. The van der Waals surface area contributed by atoms with Crippen LogP contribution < -0.4 is 0 Å². The van der Waals surface area contributed by atoms with E-state index in [2.05, 4.69) is 12.1 Å². The van der Waals surface area contributed by atoms with Gasteiger partial charge in [-0.3, -0.25) is 14.5 Å². The Morgan fingerprint density at radius 2 is 1.88 bits per heavy atom. The monoisotopic (exact) mass is 366 g/mol. The van der Waals surface area contributed by atoms with Crippen molar-refractivity contribution in [3.63, 3.8) is 0 Å². The van der Waals surface area contributed by atoms with Gasteiger partial charge in [-0.25, -0.2) is 0 Å². The first kappa shape index (κ1) is 19.9. The summed E-state index contributed by atoms with van der Waals surface area (Å²) >= 11 is 0. The predicted octanol–water partition coefficient (Wildman–Crippen LogP) is 1.66. The average Bonchev–Trinajstić information content (AvgIpc) is 2.79. The number of fused-ring (bicyclic) bond motifs is 1. The Balaban J connectivity index is 0.00000225. The molecule has 2 amide bonds. The number of benzene rings is 1. The van der Waals surface area contributed by atoms with E-state index in [1.165, 1.54) is 16.0 Å². The summed E-state index contributed by atoms with van der Waals surface area (Å²) in [6.07, 6.45) is 3.44. The minimum atomic E-state index is -0.511. The van der Waals surface area contributed by atoms with Crippen LogP contribution in [-0.2, 0) is 22.4 Å². The number of carbonyl (C=O) groups is 2. The van der Waals surface area contributed by atoms with Crippen LogP contribution in [0.5, 0.6) is 0 Å². The molecule has 6 heteroatoms. The highest BCUT2D eigenvalue weighted by atomic mass is 35.5. The molecule has 0 bridgehead atoms. The molecule has 2 aliphatic rings. The van der Waals surface area contributed by atoms with E-state index < -0.39 is 5.41 Å². The van der Waals surface area contributed by atoms with Crippen molar-refractivity contribution in [1.29, 1.82) is 0 Å². The Hall–Kier alpha value is -1.43. The number of aliphatic hydroxyl groups is 1. The molecule has 0 aromatic heterocycles. The molecule has 1 aromatic rings. The molecule has 138 valence electrons. The van der Waals surface area contributed by atoms with Crippen LogP contribution in [0, 0.1) is 5.41 Å². The van der Waals surface area contributed by atoms with Gasteiger partial charge < -0.3 is 10.0 Å². The summed E-state index contributed by atoms with van der Waals surface area (Å²) in [5.74, 6) is -0.00370. The first-order valence-corrected chi connectivity index (χ1v) is 8.77. The van der Waals surface area contributed by atoms with Gasteiger partial charge in [-0.15, -0.1) is 12.4 Å². The zero-order valence-corrected chi connectivity index (χ0v) is 15.6. The van der Waals surface area contributed by atoms with Crippen molar-refractivity contribution in [3.05, 3.63) is 35.4 Å². The van der Waals surface area contributed by atoms with Crippen LogP contribution in [0.3, 0.4) is 0 Å². The lowest BCUT2D eigenvalue weighted by Gasteiger charge is -2.32. The van der Waals surface area contributed by atoms with Gasteiger partial charge in [0.25, 0.3) is 0 Å². The lowest BCUT2D eigenvalue weighted by Crippen LogP contribution is -2.40. The second-order valence-corrected chi connectivity index (χ2v) is 7.13. The second-order valence-electron chi connectivity index (χ2n) is 7.13. The van der Waals surface area contributed by atoms with Gasteiger partial charge in [0.1, 0.15) is 0 Å². The van der Waals surface area contributed by atoms with Gasteiger partial charge in [-0.05, 0) is 50.4 Å². The van der Waals surface area contributed by atoms with E-state index in [1.807, 2.05) is 24.1 Å². The van der Waals surface area contributed by atoms with E-state index in [9.17, 15) is 9.59 Å². The highest BCUT2D eigenvalue weighted by molar-refractivity contribution is 6.06. The van der Waals surface area contributed by atoms with Crippen molar-refractivity contribution in [3.8, 4) is 0 Å². The molecule has 1 N–H and O–H groups in total. The molecule has 0 saturated carbocycles. The van der Waals surface area contributed by atoms with Crippen molar-refractivity contribution in [2.24, 2.45) is 5.41 Å². The third-order valence-corrected chi connectivity index (χ3v) is 5.41. The summed E-state index contributed by atoms with van der Waals surface area (Å²) in [5, 5.41) is 8.92. The lowest BCUT2D eigenvalue weighted by molar-refractivity contribution is -0.141. The molecule has 1 saturated heterocycles. The van der Waals surface area contributed by atoms with E-state index in [1.54, 1.807) is 0 Å². The molecule has 25 heavy (non-hydrogen) atoms. The van der Waals surface area contributed by atoms with E-state index in [0.717, 1.165) is 25.8 Å². The standard InChI is InChI=1S/C19H26N2O3.ClH/c1-20(11-12-22)9-4-10-21-17(23)14-19(18(21)24)8-7-15-5-2-3-6-16(15)13-19;/h2-3,5-6,22H,4,7-14H2,1H3;1H. The fraction of sp³-hybridized carbons (Fsp3) is 0.579. The van der Waals surface area contributed by atoms with Crippen molar-refractivity contribution in [2.45, 2.75) is 32.1 Å². The Bertz CT molecular complexity index is 637. The third-order valence-electron chi connectivity index (χ3n) is 5.41. The summed E-state index contributed by atoms with van der Waals surface area (Å²) in [5.41, 5.74) is 2.02. The largest absolute Gasteiger partial charge is 0.395 e. The van der Waals surface area contributed by atoms with Gasteiger partial charge in [-0.1, -0.05) is 24.3 Å². The number of likely N-dealkylation sites (tertiary alicyclic amines) is 1. The molecule has 3 rings (SSSR count). The van der Waals surface area contributed by atoms with Gasteiger partial charge in [0.15, 0.2) is 0 Å². The van der Waals surface area contributed by atoms with Crippen molar-refractivity contribution < 1.29 is 14.7 Å².